The number of morpholine rings is 1. The number of carbonyl (C=O) groups is 4. The highest BCUT2D eigenvalue weighted by atomic mass is 16.6. The number of phenolic OH excluding ortho intramolecular Hbond substituents is 1. The molecule has 14 heteroatoms. The summed E-state index contributed by atoms with van der Waals surface area (Å²) in [4.78, 5) is 72.4. The summed E-state index contributed by atoms with van der Waals surface area (Å²) in [6.45, 7) is -0.576. The van der Waals surface area contributed by atoms with Crippen molar-refractivity contribution in [2.45, 2.75) is 42.7 Å². The lowest BCUT2D eigenvalue weighted by Gasteiger charge is -2.46. The van der Waals surface area contributed by atoms with Crippen molar-refractivity contribution in [1.29, 1.82) is 0 Å². The van der Waals surface area contributed by atoms with Gasteiger partial charge in [-0.3, -0.25) is 29.4 Å². The molecular weight excluding hydrogens is 757 g/mol. The molecule has 59 heavy (non-hydrogen) atoms. The molecule has 0 unspecified atom stereocenters. The maximum atomic E-state index is 15.8. The lowest BCUT2D eigenvalue weighted by atomic mass is 9.65. The van der Waals surface area contributed by atoms with E-state index in [9.17, 15) is 34.7 Å². The average molecular weight is 793 g/mol. The van der Waals surface area contributed by atoms with Crippen LogP contribution >= 0.6 is 0 Å². The lowest BCUT2D eigenvalue weighted by molar-refractivity contribution is -0.384. The maximum absolute atomic E-state index is 15.8. The van der Waals surface area contributed by atoms with Crippen LogP contribution in [-0.2, 0) is 35.9 Å². The number of carbonyl (C=O) groups excluding carboxylic acids is 4. The van der Waals surface area contributed by atoms with Gasteiger partial charge < -0.3 is 25.4 Å². The Morgan fingerprint density at radius 1 is 0.864 bits per heavy atom. The van der Waals surface area contributed by atoms with Crippen molar-refractivity contribution < 1.29 is 43.8 Å². The van der Waals surface area contributed by atoms with E-state index in [0.717, 1.165) is 4.90 Å². The molecule has 0 radical (unpaired) electrons. The van der Waals surface area contributed by atoms with Gasteiger partial charge in [0.05, 0.1) is 35.2 Å². The molecule has 1 spiro atoms. The molecule has 0 saturated carbocycles. The summed E-state index contributed by atoms with van der Waals surface area (Å²) in [6, 6.07) is 30.8. The van der Waals surface area contributed by atoms with Crippen LogP contribution in [0.1, 0.15) is 58.0 Å². The number of primary amides is 1. The Kier molecular flexibility index (Phi) is 10.1. The van der Waals surface area contributed by atoms with Gasteiger partial charge in [0.25, 0.3) is 5.69 Å². The van der Waals surface area contributed by atoms with E-state index in [-0.39, 0.29) is 42.3 Å². The summed E-state index contributed by atoms with van der Waals surface area (Å²) < 4.78 is 12.0. The number of non-ortho nitro benzene ring substituents is 1. The number of rotatable bonds is 8. The highest BCUT2D eigenvalue weighted by Crippen LogP contribution is 2.65. The van der Waals surface area contributed by atoms with Crippen LogP contribution in [0.25, 0.3) is 0 Å². The van der Waals surface area contributed by atoms with E-state index in [2.05, 4.69) is 11.8 Å². The fraction of sp³-hybridized carbons (Fsp3) is 0.200. The summed E-state index contributed by atoms with van der Waals surface area (Å²) in [6.07, 6.45) is -1.92. The molecule has 2 saturated heterocycles. The Morgan fingerprint density at radius 2 is 1.53 bits per heavy atom. The third-order valence-corrected chi connectivity index (χ3v) is 11.1. The number of aromatic hydroxyl groups is 1. The topological polar surface area (TPSA) is 203 Å². The number of fused-ring (bicyclic) bond motifs is 3. The van der Waals surface area contributed by atoms with Gasteiger partial charge in [0.2, 0.25) is 11.8 Å². The number of nitrogens with zero attached hydrogens (tertiary/aromatic N) is 3. The van der Waals surface area contributed by atoms with Crippen molar-refractivity contribution in [3.63, 3.8) is 0 Å². The summed E-state index contributed by atoms with van der Waals surface area (Å²) in [5, 5.41) is 31.2. The first-order chi connectivity index (χ1) is 28.6. The number of ether oxygens (including phenoxy) is 2. The second-order valence-corrected chi connectivity index (χ2v) is 14.4. The van der Waals surface area contributed by atoms with E-state index in [1.807, 2.05) is 60.7 Å². The molecule has 0 aliphatic carbocycles. The van der Waals surface area contributed by atoms with Gasteiger partial charge in [-0.2, -0.15) is 0 Å². The first kappa shape index (κ1) is 38.5. The predicted molar refractivity (Wildman–Crippen MR) is 211 cm³/mol. The van der Waals surface area contributed by atoms with Crippen molar-refractivity contribution in [3.05, 3.63) is 171 Å². The molecule has 2 fully saturated rings. The molecule has 0 bridgehead atoms. The average Bonchev–Trinajstić information content (AvgIpc) is 3.70. The van der Waals surface area contributed by atoms with Gasteiger partial charge in [0.1, 0.15) is 29.9 Å². The summed E-state index contributed by atoms with van der Waals surface area (Å²) in [5.74, 6) is 1.39. The Hall–Kier alpha value is -7.34. The number of hydrogen-bond acceptors (Lipinski definition) is 11. The van der Waals surface area contributed by atoms with Crippen LogP contribution in [0.5, 0.6) is 5.75 Å². The summed E-state index contributed by atoms with van der Waals surface area (Å²) in [7, 11) is 0. The minimum absolute atomic E-state index is 0.0514. The van der Waals surface area contributed by atoms with Gasteiger partial charge in [-0.05, 0) is 70.3 Å². The van der Waals surface area contributed by atoms with Gasteiger partial charge in [0.15, 0.2) is 0 Å². The van der Waals surface area contributed by atoms with Crippen LogP contribution in [0.15, 0.2) is 127 Å². The molecular formula is C45H36N4O10. The molecule has 5 aromatic rings. The number of benzene rings is 5. The molecule has 0 aromatic heterocycles. The van der Waals surface area contributed by atoms with Crippen molar-refractivity contribution >= 4 is 35.3 Å². The Morgan fingerprint density at radius 3 is 2.15 bits per heavy atom. The molecule has 3 amide bonds. The number of anilines is 1. The number of nitro benzene ring substituents is 1. The second-order valence-electron chi connectivity index (χ2n) is 14.4. The Balaban J connectivity index is 1.37. The van der Waals surface area contributed by atoms with E-state index >= 15 is 4.79 Å². The normalized spacial score (nSPS) is 23.1. The highest BCUT2D eigenvalue weighted by Gasteiger charge is 2.75. The molecule has 8 rings (SSSR count). The van der Waals surface area contributed by atoms with Crippen molar-refractivity contribution in [1.82, 2.24) is 4.90 Å². The number of imide groups is 1. The van der Waals surface area contributed by atoms with Gasteiger partial charge in [-0.1, -0.05) is 84.6 Å². The molecule has 296 valence electrons. The zero-order chi connectivity index (χ0) is 41.4. The van der Waals surface area contributed by atoms with E-state index in [4.69, 9.17) is 15.2 Å². The number of amides is 3. The molecule has 3 heterocycles. The standard InChI is InChI=1S/C45H36N4O10/c46-41(52)36-38-42(53)59-39(30-12-5-2-6-13-30)37(29-10-3-1-4-11-29)48(38)40(31-17-21-33(51)22-18-31)45(36)34-25-27(9-7-8-24-50)16-23-35(34)47(43(45)54)44(55)58-26-28-14-19-32(20-15-28)49(56)57/h1-6,10-23,25,36-40,50-51H,8,24,26H2,(H2,46,52)/t36-,37-,38-,39+,40+,45-/m1/s1. The zero-order valence-electron chi connectivity index (χ0n) is 31.2. The van der Waals surface area contributed by atoms with Crippen LogP contribution in [0.3, 0.4) is 0 Å². The summed E-state index contributed by atoms with van der Waals surface area (Å²) in [5.41, 5.74) is 6.83. The van der Waals surface area contributed by atoms with E-state index in [0.29, 0.717) is 27.8 Å². The van der Waals surface area contributed by atoms with Gasteiger partial charge >= 0.3 is 12.1 Å². The first-order valence-corrected chi connectivity index (χ1v) is 18.7. The number of aliphatic hydroxyl groups excluding tert-OH is 1. The number of aliphatic hydroxyl groups is 1. The highest BCUT2D eigenvalue weighted by molar-refractivity contribution is 6.23. The first-order valence-electron chi connectivity index (χ1n) is 18.7. The summed E-state index contributed by atoms with van der Waals surface area (Å²) >= 11 is 0. The number of esters is 1. The minimum Gasteiger partial charge on any atom is -0.508 e. The van der Waals surface area contributed by atoms with Crippen LogP contribution in [0, 0.1) is 27.9 Å². The van der Waals surface area contributed by atoms with Crippen LogP contribution in [0.4, 0.5) is 16.2 Å². The SMILES string of the molecule is NC(=O)[C@H]1[C@@H]2C(=O)O[C@@H](c3ccccc3)[C@@H](c3ccccc3)N2[C@@H](c2ccc(O)cc2)[C@]12C(=O)N(C(=O)OCc1ccc([N+](=O)[O-])cc1)c1ccc(C#CCCO)cc12. The molecule has 6 atom stereocenters. The van der Waals surface area contributed by atoms with Crippen molar-refractivity contribution in [3.8, 4) is 17.6 Å². The Labute approximate surface area is 337 Å². The van der Waals surface area contributed by atoms with E-state index in [1.165, 1.54) is 42.5 Å². The number of nitrogens with two attached hydrogens (primary N) is 1. The Bertz CT molecular complexity index is 2520. The molecule has 3 aliphatic heterocycles. The molecule has 3 aliphatic rings. The minimum atomic E-state index is -2.11. The maximum Gasteiger partial charge on any atom is 0.421 e. The monoisotopic (exact) mass is 792 g/mol. The van der Waals surface area contributed by atoms with E-state index in [1.54, 1.807) is 29.2 Å². The molecule has 4 N–H and O–H groups in total. The van der Waals surface area contributed by atoms with E-state index < -0.39 is 64.4 Å². The largest absolute Gasteiger partial charge is 0.508 e. The zero-order valence-corrected chi connectivity index (χ0v) is 31.2. The number of cyclic esters (lactones) is 1. The van der Waals surface area contributed by atoms with Gasteiger partial charge in [-0.15, -0.1) is 0 Å². The number of nitro groups is 1. The van der Waals surface area contributed by atoms with Gasteiger partial charge in [0, 0.05) is 24.1 Å². The second kappa shape index (κ2) is 15.5. The number of phenols is 1. The predicted octanol–water partition coefficient (Wildman–Crippen LogP) is 5.52. The third kappa shape index (κ3) is 6.52. The van der Waals surface area contributed by atoms with Crippen molar-refractivity contribution in [2.75, 3.05) is 11.5 Å². The third-order valence-electron chi connectivity index (χ3n) is 11.1. The lowest BCUT2D eigenvalue weighted by Crippen LogP contribution is -2.55. The smallest absolute Gasteiger partial charge is 0.421 e. The fourth-order valence-corrected chi connectivity index (χ4v) is 8.80. The van der Waals surface area contributed by atoms with Gasteiger partial charge in [-0.25, -0.2) is 9.69 Å². The van der Waals surface area contributed by atoms with Crippen molar-refractivity contribution in [2.24, 2.45) is 11.7 Å². The quantitative estimate of drug-likeness (QED) is 0.0773. The van der Waals surface area contributed by atoms with Crippen LogP contribution in [0.2, 0.25) is 0 Å². The number of hydrogen-bond donors (Lipinski definition) is 3. The molecule has 5 aromatic carbocycles. The van der Waals surface area contributed by atoms with Crippen LogP contribution < -0.4 is 10.6 Å². The van der Waals surface area contributed by atoms with Crippen LogP contribution in [-0.4, -0.2) is 56.6 Å². The molecule has 14 nitrogen and oxygen atoms in total. The fourth-order valence-electron chi connectivity index (χ4n) is 8.80.